The second kappa shape index (κ2) is 5.43. The summed E-state index contributed by atoms with van der Waals surface area (Å²) in [7, 11) is 0. The van der Waals surface area contributed by atoms with Crippen LogP contribution in [0.4, 0.5) is 0 Å². The number of phenols is 1. The van der Waals surface area contributed by atoms with E-state index in [-0.39, 0.29) is 26.9 Å². The van der Waals surface area contributed by atoms with Gasteiger partial charge in [0, 0.05) is 5.57 Å². The number of carbonyl (C=O) groups is 2. The van der Waals surface area contributed by atoms with Crippen molar-refractivity contribution in [3.05, 3.63) is 62.6 Å². The SMILES string of the molecule is O=C(Cl)C1=Cc2cc(C(=O)c3c(Cl)cccc3Cl)c(O)cc21. The molecule has 2 aromatic rings. The van der Waals surface area contributed by atoms with E-state index in [0.717, 1.165) is 0 Å². The molecular formula is C16H7Cl3O3. The fourth-order valence-electron chi connectivity index (χ4n) is 2.31. The van der Waals surface area contributed by atoms with Crippen molar-refractivity contribution in [1.29, 1.82) is 0 Å². The normalized spacial score (nSPS) is 12.2. The highest BCUT2D eigenvalue weighted by Gasteiger charge is 2.26. The Balaban J connectivity index is 2.08. The minimum absolute atomic E-state index is 0.0612. The molecule has 0 atom stereocenters. The van der Waals surface area contributed by atoms with Crippen LogP contribution in [0.3, 0.4) is 0 Å². The lowest BCUT2D eigenvalue weighted by Crippen LogP contribution is -2.09. The predicted octanol–water partition coefficient (Wildman–Crippen LogP) is 4.55. The quantitative estimate of drug-likeness (QED) is 0.650. The van der Waals surface area contributed by atoms with Crippen LogP contribution in [0.5, 0.6) is 5.75 Å². The third-order valence-electron chi connectivity index (χ3n) is 3.40. The molecular weight excluding hydrogens is 347 g/mol. The molecule has 1 N–H and O–H groups in total. The van der Waals surface area contributed by atoms with Gasteiger partial charge in [-0.25, -0.2) is 0 Å². The molecule has 3 nitrogen and oxygen atoms in total. The van der Waals surface area contributed by atoms with Crippen molar-refractivity contribution in [2.24, 2.45) is 0 Å². The molecule has 0 radical (unpaired) electrons. The lowest BCUT2D eigenvalue weighted by molar-refractivity contribution is -0.106. The van der Waals surface area contributed by atoms with Gasteiger partial charge in [-0.3, -0.25) is 9.59 Å². The molecule has 1 aliphatic carbocycles. The summed E-state index contributed by atoms with van der Waals surface area (Å²) in [6, 6.07) is 7.53. The molecule has 110 valence electrons. The highest BCUT2D eigenvalue weighted by molar-refractivity contribution is 6.76. The number of rotatable bonds is 3. The summed E-state index contributed by atoms with van der Waals surface area (Å²) >= 11 is 17.4. The van der Waals surface area contributed by atoms with Crippen molar-refractivity contribution in [2.75, 3.05) is 0 Å². The lowest BCUT2D eigenvalue weighted by atomic mass is 9.86. The van der Waals surface area contributed by atoms with Crippen molar-refractivity contribution in [3.8, 4) is 5.75 Å². The number of carbonyl (C=O) groups excluding carboxylic acids is 2. The Hall–Kier alpha value is -1.81. The summed E-state index contributed by atoms with van der Waals surface area (Å²) in [5.41, 5.74) is 1.65. The first-order valence-corrected chi connectivity index (χ1v) is 7.31. The first-order chi connectivity index (χ1) is 10.4. The number of halogens is 3. The summed E-state index contributed by atoms with van der Waals surface area (Å²) in [4.78, 5) is 23.7. The summed E-state index contributed by atoms with van der Waals surface area (Å²) < 4.78 is 0. The Morgan fingerprint density at radius 1 is 1.05 bits per heavy atom. The van der Waals surface area contributed by atoms with Crippen molar-refractivity contribution >= 4 is 57.5 Å². The molecule has 0 heterocycles. The number of aromatic hydroxyl groups is 1. The van der Waals surface area contributed by atoms with Crippen LogP contribution < -0.4 is 0 Å². The van der Waals surface area contributed by atoms with Crippen LogP contribution in [0, 0.1) is 0 Å². The minimum Gasteiger partial charge on any atom is -0.507 e. The summed E-state index contributed by atoms with van der Waals surface area (Å²) in [5, 5.41) is 9.86. The van der Waals surface area contributed by atoms with E-state index in [9.17, 15) is 14.7 Å². The van der Waals surface area contributed by atoms with Gasteiger partial charge in [0.15, 0.2) is 5.78 Å². The topological polar surface area (TPSA) is 54.4 Å². The first kappa shape index (κ1) is 15.1. The predicted molar refractivity (Wildman–Crippen MR) is 86.7 cm³/mol. The van der Waals surface area contributed by atoms with Gasteiger partial charge < -0.3 is 5.11 Å². The molecule has 0 unspecified atom stereocenters. The second-order valence-corrected chi connectivity index (χ2v) is 5.87. The van der Waals surface area contributed by atoms with Gasteiger partial charge >= 0.3 is 0 Å². The van der Waals surface area contributed by atoms with Crippen molar-refractivity contribution in [1.82, 2.24) is 0 Å². The molecule has 0 fully saturated rings. The van der Waals surface area contributed by atoms with Gasteiger partial charge in [0.1, 0.15) is 5.75 Å². The number of hydrogen-bond acceptors (Lipinski definition) is 3. The zero-order chi connectivity index (χ0) is 16.0. The highest BCUT2D eigenvalue weighted by Crippen LogP contribution is 2.39. The molecule has 6 heteroatoms. The molecule has 1 aliphatic rings. The smallest absolute Gasteiger partial charge is 0.253 e. The van der Waals surface area contributed by atoms with E-state index in [4.69, 9.17) is 34.8 Å². The summed E-state index contributed by atoms with van der Waals surface area (Å²) in [6.07, 6.45) is 1.55. The van der Waals surface area contributed by atoms with E-state index in [1.54, 1.807) is 24.3 Å². The maximum absolute atomic E-state index is 12.6. The van der Waals surface area contributed by atoms with Crippen LogP contribution in [0.15, 0.2) is 30.3 Å². The van der Waals surface area contributed by atoms with Crippen LogP contribution in [0.1, 0.15) is 27.0 Å². The third kappa shape index (κ3) is 2.31. The van der Waals surface area contributed by atoms with Gasteiger partial charge in [0.2, 0.25) is 0 Å². The Bertz CT molecular complexity index is 849. The van der Waals surface area contributed by atoms with Crippen LogP contribution >= 0.6 is 34.8 Å². The summed E-state index contributed by atoms with van der Waals surface area (Å²) in [6.45, 7) is 0. The fourth-order valence-corrected chi connectivity index (χ4v) is 3.03. The van der Waals surface area contributed by atoms with Gasteiger partial charge in [-0.15, -0.1) is 0 Å². The first-order valence-electron chi connectivity index (χ1n) is 6.17. The molecule has 0 amide bonds. The average Bonchev–Trinajstić information content (AvgIpc) is 2.41. The standard InChI is InChI=1S/C16H7Cl3O3/c17-11-2-1-3-12(18)14(11)15(21)10-5-7-4-9(16(19)22)8(7)6-13(10)20/h1-6,20H. The number of ketones is 1. The van der Waals surface area contributed by atoms with Crippen molar-refractivity contribution < 1.29 is 14.7 Å². The third-order valence-corrected chi connectivity index (χ3v) is 4.24. The molecule has 0 aromatic heterocycles. The number of allylic oxidation sites excluding steroid dienone is 1. The van der Waals surface area contributed by atoms with Gasteiger partial charge in [0.05, 0.1) is 21.2 Å². The largest absolute Gasteiger partial charge is 0.507 e. The number of phenolic OH excluding ortho intramolecular Hbond substituents is 1. The fraction of sp³-hybridized carbons (Fsp3) is 0. The van der Waals surface area contributed by atoms with Gasteiger partial charge in [-0.1, -0.05) is 29.3 Å². The maximum atomic E-state index is 12.6. The molecule has 0 aliphatic heterocycles. The Kier molecular flexibility index (Phi) is 3.73. The number of benzene rings is 2. The monoisotopic (exact) mass is 352 g/mol. The highest BCUT2D eigenvalue weighted by atomic mass is 35.5. The zero-order valence-corrected chi connectivity index (χ0v) is 13.1. The molecule has 0 bridgehead atoms. The summed E-state index contributed by atoms with van der Waals surface area (Å²) in [5.74, 6) is -0.752. The second-order valence-electron chi connectivity index (χ2n) is 4.71. The molecule has 22 heavy (non-hydrogen) atoms. The Morgan fingerprint density at radius 3 is 2.27 bits per heavy atom. The molecule has 3 rings (SSSR count). The van der Waals surface area contributed by atoms with Gasteiger partial charge in [-0.05, 0) is 53.1 Å². The van der Waals surface area contributed by atoms with E-state index >= 15 is 0 Å². The van der Waals surface area contributed by atoms with Crippen molar-refractivity contribution in [3.63, 3.8) is 0 Å². The average molecular weight is 354 g/mol. The Morgan fingerprint density at radius 2 is 1.68 bits per heavy atom. The maximum Gasteiger partial charge on any atom is 0.253 e. The van der Waals surface area contributed by atoms with Crippen LogP contribution in [-0.4, -0.2) is 16.1 Å². The van der Waals surface area contributed by atoms with Gasteiger partial charge in [-0.2, -0.15) is 0 Å². The van der Waals surface area contributed by atoms with E-state index in [2.05, 4.69) is 0 Å². The Labute approximate surface area is 140 Å². The van der Waals surface area contributed by atoms with Crippen molar-refractivity contribution in [2.45, 2.75) is 0 Å². The van der Waals surface area contributed by atoms with Crippen LogP contribution in [-0.2, 0) is 4.79 Å². The molecule has 0 saturated heterocycles. The van der Waals surface area contributed by atoms with Crippen LogP contribution in [0.25, 0.3) is 11.6 Å². The van der Waals surface area contributed by atoms with E-state index < -0.39 is 11.0 Å². The van der Waals surface area contributed by atoms with E-state index in [1.807, 2.05) is 0 Å². The number of hydrogen-bond donors (Lipinski definition) is 1. The zero-order valence-electron chi connectivity index (χ0n) is 10.9. The van der Waals surface area contributed by atoms with Crippen LogP contribution in [0.2, 0.25) is 10.0 Å². The van der Waals surface area contributed by atoms with Gasteiger partial charge in [0.25, 0.3) is 5.24 Å². The number of fused-ring (bicyclic) bond motifs is 1. The lowest BCUT2D eigenvalue weighted by Gasteiger charge is -2.19. The minimum atomic E-state index is -0.611. The van der Waals surface area contributed by atoms with E-state index in [0.29, 0.717) is 16.7 Å². The molecule has 2 aromatic carbocycles. The molecule has 0 spiro atoms. The molecule has 0 saturated carbocycles. The van der Waals surface area contributed by atoms with E-state index in [1.165, 1.54) is 12.1 Å².